The first kappa shape index (κ1) is 22.9. The smallest absolute Gasteiger partial charge is 0.282 e. The Morgan fingerprint density at radius 2 is 1.84 bits per heavy atom. The molecule has 10 heteroatoms. The Bertz CT molecular complexity index is 1160. The number of carbonyl (C=O) groups is 1. The number of ether oxygens (including phenoxy) is 1. The number of phenolic OH excluding ortho intramolecular Hbond substituents is 2. The molecule has 0 amide bonds. The van der Waals surface area contributed by atoms with Crippen molar-refractivity contribution in [2.45, 2.75) is 19.4 Å². The van der Waals surface area contributed by atoms with E-state index in [4.69, 9.17) is 4.74 Å². The summed E-state index contributed by atoms with van der Waals surface area (Å²) in [5.41, 5.74) is -0.561. The summed E-state index contributed by atoms with van der Waals surface area (Å²) in [6, 6.07) is 8.89. The Labute approximate surface area is 180 Å². The lowest BCUT2D eigenvalue weighted by Crippen LogP contribution is -2.08. The lowest BCUT2D eigenvalue weighted by molar-refractivity contribution is 0.104. The van der Waals surface area contributed by atoms with Gasteiger partial charge in [0, 0.05) is 11.6 Å². The predicted octanol–water partition coefficient (Wildman–Crippen LogP) is 5.12. The average Bonchev–Trinajstić information content (AvgIpc) is 3.17. The Balaban J connectivity index is 1.89. The SMILES string of the molecule is COc1ccc(/C=C/C(=O)c2ccc(O)cc2O)cc1Cn1nc(C(F)F)cc1C(F)F. The van der Waals surface area contributed by atoms with E-state index in [0.717, 1.165) is 10.7 Å². The van der Waals surface area contributed by atoms with Crippen LogP contribution < -0.4 is 4.74 Å². The van der Waals surface area contributed by atoms with Crippen molar-refractivity contribution < 1.29 is 37.3 Å². The number of hydrogen-bond donors (Lipinski definition) is 2. The Morgan fingerprint density at radius 1 is 1.09 bits per heavy atom. The van der Waals surface area contributed by atoms with E-state index < -0.39 is 30.0 Å². The minimum atomic E-state index is -3.00. The number of halogens is 4. The maximum atomic E-state index is 13.3. The molecule has 3 aromatic rings. The summed E-state index contributed by atoms with van der Waals surface area (Å²) >= 11 is 0. The molecule has 0 saturated heterocycles. The van der Waals surface area contributed by atoms with Crippen LogP contribution in [0.2, 0.25) is 0 Å². The standard InChI is InChI=1S/C22H18F4N2O4/c1-32-20-7-3-12(2-6-18(30)15-5-4-14(29)9-19(15)31)8-13(20)11-28-17(22(25)26)10-16(27-28)21(23)24/h2-10,21-22,29,31H,11H2,1H3/b6-2+. The van der Waals surface area contributed by atoms with Gasteiger partial charge in [0.05, 0.1) is 19.2 Å². The fourth-order valence-electron chi connectivity index (χ4n) is 3.04. The number of alkyl halides is 4. The quantitative estimate of drug-likeness (QED) is 0.283. The van der Waals surface area contributed by atoms with Crippen LogP contribution in [0.5, 0.6) is 17.2 Å². The van der Waals surface area contributed by atoms with Crippen LogP contribution in [0.15, 0.2) is 48.5 Å². The number of benzene rings is 2. The largest absolute Gasteiger partial charge is 0.508 e. The molecule has 0 bridgehead atoms. The number of aromatic nitrogens is 2. The van der Waals surface area contributed by atoms with E-state index in [0.29, 0.717) is 22.9 Å². The normalized spacial score (nSPS) is 11.6. The average molecular weight is 450 g/mol. The van der Waals surface area contributed by atoms with Gasteiger partial charge in [-0.15, -0.1) is 0 Å². The van der Waals surface area contributed by atoms with Crippen LogP contribution in [0.4, 0.5) is 17.6 Å². The van der Waals surface area contributed by atoms with Crippen molar-refractivity contribution in [3.8, 4) is 17.2 Å². The Morgan fingerprint density at radius 3 is 2.47 bits per heavy atom. The summed E-state index contributed by atoms with van der Waals surface area (Å²) in [5, 5.41) is 22.7. The van der Waals surface area contributed by atoms with Crippen LogP contribution in [-0.4, -0.2) is 32.9 Å². The summed E-state index contributed by atoms with van der Waals surface area (Å²) in [7, 11) is 1.37. The fraction of sp³-hybridized carbons (Fsp3) is 0.182. The third-order valence-electron chi connectivity index (χ3n) is 4.58. The van der Waals surface area contributed by atoms with Gasteiger partial charge < -0.3 is 14.9 Å². The third-order valence-corrected chi connectivity index (χ3v) is 4.58. The summed E-state index contributed by atoms with van der Waals surface area (Å²) < 4.78 is 58.4. The minimum absolute atomic E-state index is 0.0228. The van der Waals surface area contributed by atoms with Gasteiger partial charge in [0.1, 0.15) is 28.6 Å². The van der Waals surface area contributed by atoms with E-state index in [1.54, 1.807) is 6.07 Å². The van der Waals surface area contributed by atoms with E-state index in [9.17, 15) is 32.6 Å². The lowest BCUT2D eigenvalue weighted by atomic mass is 10.1. The van der Waals surface area contributed by atoms with Crippen LogP contribution in [0, 0.1) is 0 Å². The van der Waals surface area contributed by atoms with Crippen LogP contribution in [-0.2, 0) is 6.54 Å². The minimum Gasteiger partial charge on any atom is -0.508 e. The van der Waals surface area contributed by atoms with E-state index >= 15 is 0 Å². The highest BCUT2D eigenvalue weighted by Crippen LogP contribution is 2.28. The van der Waals surface area contributed by atoms with Crippen LogP contribution in [0.3, 0.4) is 0 Å². The van der Waals surface area contributed by atoms with Gasteiger partial charge in [-0.05, 0) is 42.0 Å². The molecule has 6 nitrogen and oxygen atoms in total. The van der Waals surface area contributed by atoms with Crippen molar-refractivity contribution in [2.24, 2.45) is 0 Å². The van der Waals surface area contributed by atoms with Crippen molar-refractivity contribution in [3.63, 3.8) is 0 Å². The predicted molar refractivity (Wildman–Crippen MR) is 107 cm³/mol. The van der Waals surface area contributed by atoms with Crippen molar-refractivity contribution >= 4 is 11.9 Å². The zero-order chi connectivity index (χ0) is 23.4. The van der Waals surface area contributed by atoms with E-state index in [1.165, 1.54) is 43.5 Å². The van der Waals surface area contributed by atoms with Crippen molar-refractivity contribution in [1.29, 1.82) is 0 Å². The van der Waals surface area contributed by atoms with Gasteiger partial charge in [-0.25, -0.2) is 17.6 Å². The van der Waals surface area contributed by atoms with E-state index in [1.807, 2.05) is 0 Å². The first-order valence-electron chi connectivity index (χ1n) is 9.25. The molecular formula is C22H18F4N2O4. The van der Waals surface area contributed by atoms with Gasteiger partial charge in [0.2, 0.25) is 0 Å². The molecule has 3 rings (SSSR count). The molecule has 0 fully saturated rings. The molecule has 168 valence electrons. The van der Waals surface area contributed by atoms with Gasteiger partial charge in [0.15, 0.2) is 5.78 Å². The fourth-order valence-corrected chi connectivity index (χ4v) is 3.04. The summed E-state index contributed by atoms with van der Waals surface area (Å²) in [6.45, 7) is -0.260. The van der Waals surface area contributed by atoms with Crippen LogP contribution in [0.25, 0.3) is 6.08 Å². The summed E-state index contributed by atoms with van der Waals surface area (Å²) in [5.74, 6) is -0.796. The molecule has 0 unspecified atom stereocenters. The number of allylic oxidation sites excluding steroid dienone is 1. The number of aromatic hydroxyl groups is 2. The van der Waals surface area contributed by atoms with Crippen LogP contribution >= 0.6 is 0 Å². The highest BCUT2D eigenvalue weighted by atomic mass is 19.3. The van der Waals surface area contributed by atoms with E-state index in [2.05, 4.69) is 5.10 Å². The molecule has 0 aliphatic carbocycles. The second kappa shape index (κ2) is 9.54. The first-order valence-corrected chi connectivity index (χ1v) is 9.25. The molecule has 1 heterocycles. The van der Waals surface area contributed by atoms with Crippen molar-refractivity contribution in [2.75, 3.05) is 7.11 Å². The molecule has 1 aromatic heterocycles. The molecule has 0 saturated carbocycles. The molecule has 32 heavy (non-hydrogen) atoms. The molecule has 2 N–H and O–H groups in total. The van der Waals surface area contributed by atoms with Crippen molar-refractivity contribution in [3.05, 3.63) is 76.6 Å². The number of nitrogens with zero attached hydrogens (tertiary/aromatic N) is 2. The Kier molecular flexibility index (Phi) is 6.82. The highest BCUT2D eigenvalue weighted by molar-refractivity contribution is 6.08. The van der Waals surface area contributed by atoms with Gasteiger partial charge >= 0.3 is 0 Å². The number of ketones is 1. The second-order valence-electron chi connectivity index (χ2n) is 6.72. The first-order chi connectivity index (χ1) is 15.2. The maximum absolute atomic E-state index is 13.3. The molecule has 2 aromatic carbocycles. The molecule has 0 radical (unpaired) electrons. The maximum Gasteiger partial charge on any atom is 0.282 e. The van der Waals surface area contributed by atoms with Crippen LogP contribution in [0.1, 0.15) is 45.7 Å². The molecule has 0 aliphatic heterocycles. The zero-order valence-electron chi connectivity index (χ0n) is 16.7. The third kappa shape index (κ3) is 5.08. The molecule has 0 aliphatic rings. The monoisotopic (exact) mass is 450 g/mol. The summed E-state index contributed by atoms with van der Waals surface area (Å²) in [6.07, 6.45) is -3.38. The summed E-state index contributed by atoms with van der Waals surface area (Å²) in [4.78, 5) is 12.3. The zero-order valence-corrected chi connectivity index (χ0v) is 16.7. The van der Waals surface area contributed by atoms with Gasteiger partial charge in [-0.3, -0.25) is 9.48 Å². The molecular weight excluding hydrogens is 432 g/mol. The van der Waals surface area contributed by atoms with Gasteiger partial charge in [0.25, 0.3) is 12.9 Å². The number of rotatable bonds is 8. The van der Waals surface area contributed by atoms with Crippen molar-refractivity contribution in [1.82, 2.24) is 9.78 Å². The van der Waals surface area contributed by atoms with E-state index in [-0.39, 0.29) is 23.6 Å². The number of methoxy groups -OCH3 is 1. The Hall–Kier alpha value is -3.82. The van der Waals surface area contributed by atoms with Gasteiger partial charge in [-0.2, -0.15) is 5.10 Å². The number of phenols is 2. The number of carbonyl (C=O) groups excluding carboxylic acids is 1. The highest BCUT2D eigenvalue weighted by Gasteiger charge is 2.22. The second-order valence-corrected chi connectivity index (χ2v) is 6.72. The number of hydrogen-bond acceptors (Lipinski definition) is 5. The lowest BCUT2D eigenvalue weighted by Gasteiger charge is -2.12. The van der Waals surface area contributed by atoms with Gasteiger partial charge in [-0.1, -0.05) is 12.1 Å². The topological polar surface area (TPSA) is 84.6 Å². The molecule has 0 atom stereocenters. The molecule has 0 spiro atoms.